The highest BCUT2D eigenvalue weighted by Crippen LogP contribution is 2.23. The zero-order valence-electron chi connectivity index (χ0n) is 11.2. The molecule has 0 atom stereocenters. The summed E-state index contributed by atoms with van der Waals surface area (Å²) in [6.07, 6.45) is 0. The molecule has 0 aliphatic carbocycles. The third-order valence-electron chi connectivity index (χ3n) is 2.76. The first-order chi connectivity index (χ1) is 9.76. The zero-order chi connectivity index (χ0) is 15.8. The summed E-state index contributed by atoms with van der Waals surface area (Å²) < 4.78 is 67.3. The Balaban J connectivity index is 2.46. The molecule has 1 N–H and O–H groups in total. The Hall–Kier alpha value is -2.03. The highest BCUT2D eigenvalue weighted by molar-refractivity contribution is 7.92. The van der Waals surface area contributed by atoms with Gasteiger partial charge in [0.05, 0.1) is 11.4 Å². The third-order valence-corrected chi connectivity index (χ3v) is 4.25. The van der Waals surface area contributed by atoms with Gasteiger partial charge in [-0.15, -0.1) is 0 Å². The van der Waals surface area contributed by atoms with E-state index in [1.165, 1.54) is 6.92 Å². The molecule has 1 aromatic heterocycles. The number of hydrogen-bond donors (Lipinski definition) is 1. The van der Waals surface area contributed by atoms with Gasteiger partial charge in [0.1, 0.15) is 11.6 Å². The first-order valence-electron chi connectivity index (χ1n) is 5.97. The summed E-state index contributed by atoms with van der Waals surface area (Å²) in [6.45, 7) is 3.07. The molecule has 2 aromatic rings. The number of nitrogens with zero attached hydrogens (tertiary/aromatic N) is 2. The van der Waals surface area contributed by atoms with E-state index in [-0.39, 0.29) is 12.2 Å². The Kier molecular flexibility index (Phi) is 3.95. The van der Waals surface area contributed by atoms with Crippen LogP contribution >= 0.6 is 0 Å². The van der Waals surface area contributed by atoms with Gasteiger partial charge in [0.25, 0.3) is 10.0 Å². The molecule has 0 amide bonds. The van der Waals surface area contributed by atoms with Gasteiger partial charge in [-0.05, 0) is 26.0 Å². The fraction of sp³-hybridized carbons (Fsp3) is 0.250. The van der Waals surface area contributed by atoms with Crippen LogP contribution in [0.25, 0.3) is 0 Å². The van der Waals surface area contributed by atoms with Crippen LogP contribution in [-0.4, -0.2) is 18.2 Å². The minimum Gasteiger partial charge on any atom is -0.276 e. The van der Waals surface area contributed by atoms with E-state index >= 15 is 0 Å². The van der Waals surface area contributed by atoms with E-state index < -0.39 is 38.2 Å². The highest BCUT2D eigenvalue weighted by atomic mass is 32.2. The quantitative estimate of drug-likeness (QED) is 0.941. The highest BCUT2D eigenvalue weighted by Gasteiger charge is 2.27. The molecule has 0 saturated heterocycles. The van der Waals surface area contributed by atoms with Crippen molar-refractivity contribution in [3.05, 3.63) is 41.5 Å². The van der Waals surface area contributed by atoms with Gasteiger partial charge in [0, 0.05) is 12.6 Å². The second-order valence-electron chi connectivity index (χ2n) is 4.25. The maximum absolute atomic E-state index is 14.0. The number of sulfonamides is 1. The smallest absolute Gasteiger partial charge is 0.268 e. The van der Waals surface area contributed by atoms with Crippen molar-refractivity contribution in [2.24, 2.45) is 0 Å². The number of aryl methyl sites for hydroxylation is 2. The second kappa shape index (κ2) is 5.40. The summed E-state index contributed by atoms with van der Waals surface area (Å²) in [5.41, 5.74) is -0.524. The molecule has 0 aliphatic rings. The summed E-state index contributed by atoms with van der Waals surface area (Å²) in [6, 6.07) is 2.33. The lowest BCUT2D eigenvalue weighted by Crippen LogP contribution is -2.16. The molecule has 0 aliphatic heterocycles. The number of hydrogen-bond acceptors (Lipinski definition) is 3. The van der Waals surface area contributed by atoms with E-state index in [4.69, 9.17) is 0 Å². The molecule has 9 heteroatoms. The second-order valence-corrected chi connectivity index (χ2v) is 5.87. The maximum atomic E-state index is 14.0. The van der Waals surface area contributed by atoms with E-state index in [1.54, 1.807) is 6.92 Å². The van der Waals surface area contributed by atoms with Crippen LogP contribution in [0.4, 0.5) is 18.9 Å². The Morgan fingerprint density at radius 3 is 2.48 bits per heavy atom. The molecule has 0 radical (unpaired) electrons. The number of anilines is 1. The van der Waals surface area contributed by atoms with Crippen LogP contribution in [0.15, 0.2) is 23.1 Å². The number of rotatable bonds is 4. The zero-order valence-corrected chi connectivity index (χ0v) is 12.0. The van der Waals surface area contributed by atoms with Gasteiger partial charge < -0.3 is 0 Å². The maximum Gasteiger partial charge on any atom is 0.268 e. The van der Waals surface area contributed by atoms with Crippen molar-refractivity contribution in [1.29, 1.82) is 0 Å². The van der Waals surface area contributed by atoms with Crippen molar-refractivity contribution in [1.82, 2.24) is 9.78 Å². The van der Waals surface area contributed by atoms with Crippen LogP contribution in [-0.2, 0) is 16.6 Å². The average molecular weight is 319 g/mol. The Bertz CT molecular complexity index is 787. The molecule has 1 heterocycles. The lowest BCUT2D eigenvalue weighted by atomic mass is 10.3. The normalized spacial score (nSPS) is 11.7. The van der Waals surface area contributed by atoms with Crippen molar-refractivity contribution in [3.8, 4) is 0 Å². The molecular weight excluding hydrogens is 307 g/mol. The number of nitrogens with one attached hydrogen (secondary N) is 1. The van der Waals surface area contributed by atoms with Crippen molar-refractivity contribution in [2.75, 3.05) is 4.72 Å². The first-order valence-corrected chi connectivity index (χ1v) is 7.45. The number of halogens is 3. The van der Waals surface area contributed by atoms with Crippen LogP contribution in [0.1, 0.15) is 12.6 Å². The fourth-order valence-electron chi connectivity index (χ4n) is 1.82. The lowest BCUT2D eigenvalue weighted by Gasteiger charge is -2.08. The molecule has 114 valence electrons. The third kappa shape index (κ3) is 2.87. The molecule has 1 aromatic carbocycles. The molecule has 0 bridgehead atoms. The Labute approximate surface area is 119 Å². The molecule has 0 fully saturated rings. The van der Waals surface area contributed by atoms with Crippen molar-refractivity contribution in [3.63, 3.8) is 0 Å². The van der Waals surface area contributed by atoms with Crippen molar-refractivity contribution < 1.29 is 21.6 Å². The summed E-state index contributed by atoms with van der Waals surface area (Å²) >= 11 is 0. The molecule has 5 nitrogen and oxygen atoms in total. The summed E-state index contributed by atoms with van der Waals surface area (Å²) in [4.78, 5) is -0.659. The number of benzene rings is 1. The Morgan fingerprint density at radius 1 is 1.29 bits per heavy atom. The molecule has 0 spiro atoms. The lowest BCUT2D eigenvalue weighted by molar-refractivity contribution is 0.454. The monoisotopic (exact) mass is 319 g/mol. The number of aromatic nitrogens is 2. The predicted molar refractivity (Wildman–Crippen MR) is 69.8 cm³/mol. The fourth-order valence-corrected chi connectivity index (χ4v) is 3.13. The topological polar surface area (TPSA) is 64.0 Å². The summed E-state index contributed by atoms with van der Waals surface area (Å²) in [5, 5.41) is 3.74. The average Bonchev–Trinajstić information content (AvgIpc) is 2.68. The van der Waals surface area contributed by atoms with Crippen molar-refractivity contribution >= 4 is 15.7 Å². The van der Waals surface area contributed by atoms with E-state index in [0.29, 0.717) is 6.07 Å². The van der Waals surface area contributed by atoms with Gasteiger partial charge in [0.15, 0.2) is 4.90 Å². The van der Waals surface area contributed by atoms with Gasteiger partial charge in [-0.2, -0.15) is 9.49 Å². The minimum absolute atomic E-state index is 0.0515. The van der Waals surface area contributed by atoms with E-state index in [1.807, 2.05) is 4.72 Å². The minimum atomic E-state index is -4.37. The first kappa shape index (κ1) is 15.4. The van der Waals surface area contributed by atoms with E-state index in [9.17, 15) is 21.6 Å². The molecule has 21 heavy (non-hydrogen) atoms. The van der Waals surface area contributed by atoms with Gasteiger partial charge in [-0.1, -0.05) is 0 Å². The molecule has 0 unspecified atom stereocenters. The predicted octanol–water partition coefficient (Wildman–Crippen LogP) is 2.43. The molecular formula is C12H12F3N3O2S. The van der Waals surface area contributed by atoms with Gasteiger partial charge >= 0.3 is 0 Å². The van der Waals surface area contributed by atoms with Crippen LogP contribution in [0.2, 0.25) is 0 Å². The van der Waals surface area contributed by atoms with Gasteiger partial charge in [-0.3, -0.25) is 4.72 Å². The summed E-state index contributed by atoms with van der Waals surface area (Å²) in [5.74, 6) is -2.99. The largest absolute Gasteiger partial charge is 0.276 e. The SMILES string of the molecule is CCn1nc(C)c(S(=O)(=O)Nc2ccc(F)cc2F)c1F. The summed E-state index contributed by atoms with van der Waals surface area (Å²) in [7, 11) is -4.37. The van der Waals surface area contributed by atoms with Crippen LogP contribution < -0.4 is 4.72 Å². The van der Waals surface area contributed by atoms with E-state index in [0.717, 1.165) is 16.8 Å². The van der Waals surface area contributed by atoms with Gasteiger partial charge in [0.2, 0.25) is 5.95 Å². The van der Waals surface area contributed by atoms with Crippen LogP contribution in [0, 0.1) is 24.5 Å². The van der Waals surface area contributed by atoms with Gasteiger partial charge in [-0.25, -0.2) is 21.9 Å². The molecule has 0 saturated carbocycles. The van der Waals surface area contributed by atoms with Crippen LogP contribution in [0.5, 0.6) is 0 Å². The van der Waals surface area contributed by atoms with Crippen LogP contribution in [0.3, 0.4) is 0 Å². The Morgan fingerprint density at radius 2 is 1.95 bits per heavy atom. The standard InChI is InChI=1S/C12H12F3N3O2S/c1-3-18-12(15)11(7(2)16-18)21(19,20)17-10-5-4-8(13)6-9(10)14/h4-6,17H,3H2,1-2H3. The molecule has 2 rings (SSSR count). The van der Waals surface area contributed by atoms with E-state index in [2.05, 4.69) is 5.10 Å². The van der Waals surface area contributed by atoms with Crippen molar-refractivity contribution in [2.45, 2.75) is 25.3 Å².